The number of aryl methyl sites for hydroxylation is 1. The van der Waals surface area contributed by atoms with Gasteiger partial charge in [-0.25, -0.2) is 0 Å². The first-order valence-corrected chi connectivity index (χ1v) is 10.7. The summed E-state index contributed by atoms with van der Waals surface area (Å²) in [6.07, 6.45) is 0. The van der Waals surface area contributed by atoms with Gasteiger partial charge in [0.1, 0.15) is 5.75 Å². The van der Waals surface area contributed by atoms with Crippen molar-refractivity contribution in [2.45, 2.75) is 39.4 Å². The molecule has 0 bridgehead atoms. The van der Waals surface area contributed by atoms with Crippen LogP contribution in [0.5, 0.6) is 5.75 Å². The van der Waals surface area contributed by atoms with Gasteiger partial charge >= 0.3 is 0 Å². The van der Waals surface area contributed by atoms with Crippen molar-refractivity contribution in [3.05, 3.63) is 53.6 Å². The average molecular weight is 411 g/mol. The van der Waals surface area contributed by atoms with E-state index in [1.54, 1.807) is 0 Å². The molecule has 0 aliphatic heterocycles. The topological polar surface area (TPSA) is 69.0 Å². The number of amides is 1. The molecule has 0 aliphatic carbocycles. The highest BCUT2D eigenvalue weighted by Gasteiger charge is 2.17. The Morgan fingerprint density at radius 1 is 1.10 bits per heavy atom. The minimum absolute atomic E-state index is 0.0642. The molecule has 0 aliphatic rings. The zero-order valence-corrected chi connectivity index (χ0v) is 18.0. The third-order valence-electron chi connectivity index (χ3n) is 4.67. The summed E-state index contributed by atoms with van der Waals surface area (Å²) in [5, 5.41) is 12.4. The number of anilines is 1. The molecule has 0 fully saturated rings. The van der Waals surface area contributed by atoms with E-state index in [-0.39, 0.29) is 11.7 Å². The fourth-order valence-corrected chi connectivity index (χ4v) is 3.82. The number of carbonyl (C=O) groups is 1. The highest BCUT2D eigenvalue weighted by molar-refractivity contribution is 7.99. The van der Waals surface area contributed by atoms with E-state index in [4.69, 9.17) is 4.74 Å². The molecule has 3 rings (SSSR count). The zero-order chi connectivity index (χ0) is 20.8. The predicted octanol–water partition coefficient (Wildman–Crippen LogP) is 4.71. The predicted molar refractivity (Wildman–Crippen MR) is 118 cm³/mol. The molecular formula is C22H26N4O2S. The van der Waals surface area contributed by atoms with Crippen LogP contribution in [0.25, 0.3) is 11.4 Å². The van der Waals surface area contributed by atoms with Crippen LogP contribution in [0.1, 0.15) is 25.0 Å². The van der Waals surface area contributed by atoms with Gasteiger partial charge in [0.15, 0.2) is 11.0 Å². The van der Waals surface area contributed by atoms with Crippen molar-refractivity contribution in [2.75, 3.05) is 17.7 Å². The van der Waals surface area contributed by atoms with Gasteiger partial charge in [-0.2, -0.15) is 0 Å². The van der Waals surface area contributed by atoms with E-state index in [1.165, 1.54) is 11.8 Å². The van der Waals surface area contributed by atoms with Crippen molar-refractivity contribution in [2.24, 2.45) is 0 Å². The van der Waals surface area contributed by atoms with Crippen LogP contribution in [0.4, 0.5) is 5.69 Å². The first-order chi connectivity index (χ1) is 14.0. The molecule has 2 aromatic carbocycles. The number of nitrogens with zero attached hydrogens (tertiary/aromatic N) is 3. The molecule has 1 N–H and O–H groups in total. The van der Waals surface area contributed by atoms with Crippen molar-refractivity contribution in [3.63, 3.8) is 0 Å². The summed E-state index contributed by atoms with van der Waals surface area (Å²) < 4.78 is 7.74. The van der Waals surface area contributed by atoms with Crippen LogP contribution in [-0.4, -0.2) is 33.0 Å². The van der Waals surface area contributed by atoms with Crippen molar-refractivity contribution in [1.82, 2.24) is 14.8 Å². The van der Waals surface area contributed by atoms with Gasteiger partial charge in [-0.05, 0) is 57.0 Å². The lowest BCUT2D eigenvalue weighted by Crippen LogP contribution is -2.15. The van der Waals surface area contributed by atoms with Crippen LogP contribution in [0.2, 0.25) is 0 Å². The van der Waals surface area contributed by atoms with Gasteiger partial charge in [-0.3, -0.25) is 4.79 Å². The number of benzene rings is 2. The monoisotopic (exact) mass is 410 g/mol. The lowest BCUT2D eigenvalue weighted by atomic mass is 10.1. The maximum Gasteiger partial charge on any atom is 0.234 e. The Balaban J connectivity index is 1.74. The van der Waals surface area contributed by atoms with Gasteiger partial charge in [-0.15, -0.1) is 10.2 Å². The highest BCUT2D eigenvalue weighted by atomic mass is 32.2. The van der Waals surface area contributed by atoms with Crippen molar-refractivity contribution in [3.8, 4) is 17.1 Å². The Bertz CT molecular complexity index is 1000. The van der Waals surface area contributed by atoms with Gasteiger partial charge < -0.3 is 14.6 Å². The third-order valence-corrected chi connectivity index (χ3v) is 5.64. The molecule has 0 saturated carbocycles. The molecule has 29 heavy (non-hydrogen) atoms. The Labute approximate surface area is 175 Å². The largest absolute Gasteiger partial charge is 0.493 e. The molecule has 152 valence electrons. The van der Waals surface area contributed by atoms with E-state index in [9.17, 15) is 4.79 Å². The zero-order valence-electron chi connectivity index (χ0n) is 17.2. The molecule has 3 aromatic rings. The van der Waals surface area contributed by atoms with Crippen molar-refractivity contribution in [1.29, 1.82) is 0 Å². The maximum absolute atomic E-state index is 12.5. The summed E-state index contributed by atoms with van der Waals surface area (Å²) in [5.41, 5.74) is 3.98. The fourth-order valence-electron chi connectivity index (χ4n) is 3.02. The first-order valence-electron chi connectivity index (χ1n) is 9.69. The van der Waals surface area contributed by atoms with Gasteiger partial charge in [0, 0.05) is 12.2 Å². The van der Waals surface area contributed by atoms with Gasteiger partial charge in [0.05, 0.1) is 17.9 Å². The minimum atomic E-state index is -0.0642. The Morgan fingerprint density at radius 2 is 1.90 bits per heavy atom. The van der Waals surface area contributed by atoms with Gasteiger partial charge in [0.2, 0.25) is 5.91 Å². The molecular weight excluding hydrogens is 384 g/mol. The molecule has 7 heteroatoms. The van der Waals surface area contributed by atoms with Crippen LogP contribution in [0, 0.1) is 13.8 Å². The maximum atomic E-state index is 12.5. The summed E-state index contributed by atoms with van der Waals surface area (Å²) in [5.74, 6) is 1.72. The number of hydrogen-bond acceptors (Lipinski definition) is 5. The first kappa shape index (κ1) is 20.9. The second-order valence-electron chi connectivity index (χ2n) is 6.56. The summed E-state index contributed by atoms with van der Waals surface area (Å²) in [4.78, 5) is 12.5. The average Bonchev–Trinajstić information content (AvgIpc) is 3.13. The third kappa shape index (κ3) is 4.79. The number of hydrogen-bond donors (Lipinski definition) is 1. The molecule has 0 spiro atoms. The molecule has 1 aromatic heterocycles. The van der Waals surface area contributed by atoms with E-state index < -0.39 is 0 Å². The van der Waals surface area contributed by atoms with Gasteiger partial charge in [-0.1, -0.05) is 36.0 Å². The molecule has 1 heterocycles. The van der Waals surface area contributed by atoms with Crippen molar-refractivity contribution < 1.29 is 9.53 Å². The van der Waals surface area contributed by atoms with E-state index in [0.29, 0.717) is 18.3 Å². The second kappa shape index (κ2) is 9.60. The number of thioether (sulfide) groups is 1. The van der Waals surface area contributed by atoms with E-state index >= 15 is 0 Å². The van der Waals surface area contributed by atoms with Crippen LogP contribution < -0.4 is 10.1 Å². The lowest BCUT2D eigenvalue weighted by Gasteiger charge is -2.12. The number of rotatable bonds is 8. The summed E-state index contributed by atoms with van der Waals surface area (Å²) in [7, 11) is 0. The highest BCUT2D eigenvalue weighted by Crippen LogP contribution is 2.31. The second-order valence-corrected chi connectivity index (χ2v) is 7.51. The van der Waals surface area contributed by atoms with Gasteiger partial charge in [0.25, 0.3) is 0 Å². The Kier molecular flexibility index (Phi) is 6.93. The molecule has 0 atom stereocenters. The van der Waals surface area contributed by atoms with E-state index in [2.05, 4.69) is 15.5 Å². The molecule has 6 nitrogen and oxygen atoms in total. The normalized spacial score (nSPS) is 10.8. The van der Waals surface area contributed by atoms with Crippen LogP contribution >= 0.6 is 11.8 Å². The number of carbonyl (C=O) groups excluding carboxylic acids is 1. The summed E-state index contributed by atoms with van der Waals surface area (Å²) >= 11 is 1.38. The summed E-state index contributed by atoms with van der Waals surface area (Å²) in [6, 6.07) is 13.7. The van der Waals surface area contributed by atoms with Crippen molar-refractivity contribution >= 4 is 23.4 Å². The minimum Gasteiger partial charge on any atom is -0.493 e. The summed E-state index contributed by atoms with van der Waals surface area (Å²) in [6.45, 7) is 9.31. The fraction of sp³-hybridized carbons (Fsp3) is 0.318. The Hall–Kier alpha value is -2.80. The molecule has 0 unspecified atom stereocenters. The van der Waals surface area contributed by atoms with Crippen LogP contribution in [0.3, 0.4) is 0 Å². The lowest BCUT2D eigenvalue weighted by molar-refractivity contribution is -0.113. The Morgan fingerprint density at radius 3 is 2.66 bits per heavy atom. The molecule has 0 saturated heterocycles. The van der Waals surface area contributed by atoms with Crippen LogP contribution in [0.15, 0.2) is 47.6 Å². The number of aromatic nitrogens is 3. The van der Waals surface area contributed by atoms with E-state index in [1.807, 2.05) is 74.7 Å². The van der Waals surface area contributed by atoms with Crippen LogP contribution in [-0.2, 0) is 11.3 Å². The smallest absolute Gasteiger partial charge is 0.234 e. The standard InChI is InChI=1S/C22H26N4O2S/c1-5-26-21(17-11-7-8-13-19(17)28-6-2)24-25-22(26)29-14-20(27)23-18-12-9-10-15(3)16(18)4/h7-13H,5-6,14H2,1-4H3,(H,23,27). The number of nitrogens with one attached hydrogen (secondary N) is 1. The van der Waals surface area contributed by atoms with E-state index in [0.717, 1.165) is 34.0 Å². The number of para-hydroxylation sites is 1. The number of ether oxygens (including phenoxy) is 1. The molecule has 0 radical (unpaired) electrons. The SMILES string of the molecule is CCOc1ccccc1-c1nnc(SCC(=O)Nc2cccc(C)c2C)n1CC. The molecule has 1 amide bonds. The quantitative estimate of drug-likeness (QED) is 0.545.